The highest BCUT2D eigenvalue weighted by atomic mass is 35.5. The van der Waals surface area contributed by atoms with E-state index in [-0.39, 0.29) is 5.56 Å². The second kappa shape index (κ2) is 4.84. The van der Waals surface area contributed by atoms with Crippen LogP contribution in [0.4, 0.5) is 17.6 Å². The van der Waals surface area contributed by atoms with Crippen LogP contribution in [0.3, 0.4) is 0 Å². The van der Waals surface area contributed by atoms with Crippen LogP contribution in [0.2, 0.25) is 0 Å². The van der Waals surface area contributed by atoms with Crippen LogP contribution in [0.5, 0.6) is 0 Å². The molecule has 1 aromatic carbocycles. The van der Waals surface area contributed by atoms with Crippen molar-refractivity contribution in [1.82, 2.24) is 0 Å². The summed E-state index contributed by atoms with van der Waals surface area (Å²) in [5, 5.41) is -2.01. The van der Waals surface area contributed by atoms with Gasteiger partial charge in [0.2, 0.25) is 0 Å². The average Bonchev–Trinajstić information content (AvgIpc) is 2.15. The highest BCUT2D eigenvalue weighted by molar-refractivity contribution is 6.21. The quantitative estimate of drug-likeness (QED) is 0.546. The molecule has 0 saturated heterocycles. The van der Waals surface area contributed by atoms with Crippen LogP contribution in [0.25, 0.3) is 0 Å². The van der Waals surface area contributed by atoms with E-state index in [9.17, 15) is 17.6 Å². The van der Waals surface area contributed by atoms with Crippen molar-refractivity contribution in [2.45, 2.75) is 38.5 Å². The average molecular weight is 269 g/mol. The first-order valence-corrected chi connectivity index (χ1v) is 5.49. The van der Waals surface area contributed by atoms with Gasteiger partial charge < -0.3 is 0 Å². The summed E-state index contributed by atoms with van der Waals surface area (Å²) in [4.78, 5) is 0. The van der Waals surface area contributed by atoms with Gasteiger partial charge in [0.25, 0.3) is 0 Å². The molecule has 0 N–H and O–H groups in total. The summed E-state index contributed by atoms with van der Waals surface area (Å²) in [5.41, 5.74) is 1.97. The van der Waals surface area contributed by atoms with Crippen LogP contribution in [0.15, 0.2) is 12.1 Å². The van der Waals surface area contributed by atoms with Crippen molar-refractivity contribution in [1.29, 1.82) is 0 Å². The first-order valence-electron chi connectivity index (χ1n) is 5.05. The van der Waals surface area contributed by atoms with Gasteiger partial charge >= 0.3 is 12.3 Å². The lowest BCUT2D eigenvalue weighted by Gasteiger charge is -2.24. The number of alkyl halides is 5. The van der Waals surface area contributed by atoms with Gasteiger partial charge in [0, 0.05) is 0 Å². The summed E-state index contributed by atoms with van der Waals surface area (Å²) < 4.78 is 50.9. The summed E-state index contributed by atoms with van der Waals surface area (Å²) >= 11 is 5.53. The molecule has 0 aliphatic carbocycles. The van der Waals surface area contributed by atoms with Gasteiger partial charge in [0.15, 0.2) is 0 Å². The maximum Gasteiger partial charge on any atom is 0.327 e. The highest BCUT2D eigenvalue weighted by Crippen LogP contribution is 2.43. The van der Waals surface area contributed by atoms with E-state index in [1.807, 2.05) is 0 Å². The van der Waals surface area contributed by atoms with Crippen LogP contribution in [0, 0.1) is 20.8 Å². The molecule has 0 saturated carbocycles. The smallest absolute Gasteiger partial charge is 0.204 e. The molecule has 0 bridgehead atoms. The van der Waals surface area contributed by atoms with Gasteiger partial charge in [-0.2, -0.15) is 8.78 Å². The number of rotatable bonds is 3. The van der Waals surface area contributed by atoms with Gasteiger partial charge in [-0.15, -0.1) is 11.6 Å². The molecule has 0 spiro atoms. The zero-order chi connectivity index (χ0) is 13.4. The van der Waals surface area contributed by atoms with Crippen molar-refractivity contribution < 1.29 is 17.6 Å². The van der Waals surface area contributed by atoms with E-state index in [1.54, 1.807) is 32.9 Å². The molecular formula is C12H13ClF4. The predicted octanol–water partition coefficient (Wildman–Crippen LogP) is 4.79. The van der Waals surface area contributed by atoms with Crippen molar-refractivity contribution in [3.8, 4) is 0 Å². The Morgan fingerprint density at radius 1 is 1.06 bits per heavy atom. The molecular weight excluding hydrogens is 256 g/mol. The molecule has 17 heavy (non-hydrogen) atoms. The molecule has 1 rings (SSSR count). The van der Waals surface area contributed by atoms with Crippen LogP contribution >= 0.6 is 11.6 Å². The maximum absolute atomic E-state index is 13.2. The normalized spacial score (nSPS) is 14.2. The molecule has 1 unspecified atom stereocenters. The fourth-order valence-corrected chi connectivity index (χ4v) is 2.33. The van der Waals surface area contributed by atoms with E-state index in [0.717, 1.165) is 5.56 Å². The summed E-state index contributed by atoms with van der Waals surface area (Å²) in [6.07, 6.45) is -3.77. The molecule has 0 amide bonds. The largest absolute Gasteiger partial charge is 0.327 e. The topological polar surface area (TPSA) is 0 Å². The van der Waals surface area contributed by atoms with Crippen LogP contribution in [-0.4, -0.2) is 12.3 Å². The number of benzene rings is 1. The predicted molar refractivity (Wildman–Crippen MR) is 60.2 cm³/mol. The van der Waals surface area contributed by atoms with E-state index >= 15 is 0 Å². The molecule has 5 heteroatoms. The highest BCUT2D eigenvalue weighted by Gasteiger charge is 2.49. The van der Waals surface area contributed by atoms with Gasteiger partial charge in [-0.05, 0) is 37.5 Å². The first kappa shape index (κ1) is 14.3. The zero-order valence-electron chi connectivity index (χ0n) is 9.70. The molecule has 96 valence electrons. The number of hydrogen-bond donors (Lipinski definition) is 0. The summed E-state index contributed by atoms with van der Waals surface area (Å²) in [6.45, 7) is 4.98. The Labute approximate surface area is 103 Å². The van der Waals surface area contributed by atoms with Gasteiger partial charge in [-0.3, -0.25) is 0 Å². The molecule has 0 heterocycles. The number of aryl methyl sites for hydroxylation is 3. The minimum Gasteiger partial charge on any atom is -0.204 e. The Morgan fingerprint density at radius 3 is 1.82 bits per heavy atom. The lowest BCUT2D eigenvalue weighted by atomic mass is 9.94. The van der Waals surface area contributed by atoms with Crippen LogP contribution in [-0.2, 0) is 0 Å². The van der Waals surface area contributed by atoms with Crippen molar-refractivity contribution in [3.05, 3.63) is 34.4 Å². The van der Waals surface area contributed by atoms with Crippen molar-refractivity contribution in [3.63, 3.8) is 0 Å². The standard InChI is InChI=1S/C12H13ClF4/c1-6-4-7(2)9(8(3)5-6)10(13)12(16,17)11(14)15/h4-5,10-11H,1-3H3. The van der Waals surface area contributed by atoms with E-state index in [0.29, 0.717) is 11.1 Å². The van der Waals surface area contributed by atoms with Gasteiger partial charge in [0.1, 0.15) is 5.38 Å². The second-order valence-electron chi connectivity index (χ2n) is 4.15. The summed E-state index contributed by atoms with van der Waals surface area (Å²) in [5.74, 6) is -4.23. The van der Waals surface area contributed by atoms with Gasteiger partial charge in [0.05, 0.1) is 0 Å². The Bertz CT molecular complexity index is 392. The Balaban J connectivity index is 3.26. The van der Waals surface area contributed by atoms with Crippen LogP contribution in [0.1, 0.15) is 27.6 Å². The third-order valence-corrected chi connectivity index (χ3v) is 3.13. The van der Waals surface area contributed by atoms with Gasteiger partial charge in [-0.25, -0.2) is 8.78 Å². The third kappa shape index (κ3) is 2.73. The maximum atomic E-state index is 13.2. The zero-order valence-corrected chi connectivity index (χ0v) is 10.5. The van der Waals surface area contributed by atoms with Crippen LogP contribution < -0.4 is 0 Å². The monoisotopic (exact) mass is 268 g/mol. The number of halogens is 5. The Kier molecular flexibility index (Phi) is 4.07. The molecule has 1 aromatic rings. The molecule has 0 radical (unpaired) electrons. The van der Waals surface area contributed by atoms with Crippen molar-refractivity contribution in [2.24, 2.45) is 0 Å². The Morgan fingerprint density at radius 2 is 1.47 bits per heavy atom. The third-order valence-electron chi connectivity index (χ3n) is 2.62. The molecule has 0 fully saturated rings. The minimum atomic E-state index is -4.23. The van der Waals surface area contributed by atoms with E-state index in [2.05, 4.69) is 0 Å². The van der Waals surface area contributed by atoms with Crippen molar-refractivity contribution >= 4 is 11.6 Å². The second-order valence-corrected chi connectivity index (χ2v) is 4.59. The lowest BCUT2D eigenvalue weighted by Crippen LogP contribution is -2.32. The van der Waals surface area contributed by atoms with Gasteiger partial charge in [-0.1, -0.05) is 17.7 Å². The summed E-state index contributed by atoms with van der Waals surface area (Å²) in [7, 11) is 0. The first-order chi connectivity index (χ1) is 7.67. The van der Waals surface area contributed by atoms with Crippen molar-refractivity contribution in [2.75, 3.05) is 0 Å². The summed E-state index contributed by atoms with van der Waals surface area (Å²) in [6, 6.07) is 3.30. The molecule has 0 aromatic heterocycles. The molecule has 1 atom stereocenters. The lowest BCUT2D eigenvalue weighted by molar-refractivity contribution is -0.130. The van der Waals surface area contributed by atoms with E-state index in [1.165, 1.54) is 0 Å². The molecule has 0 nitrogen and oxygen atoms in total. The number of hydrogen-bond acceptors (Lipinski definition) is 0. The minimum absolute atomic E-state index is 0.0857. The van der Waals surface area contributed by atoms with E-state index in [4.69, 9.17) is 11.6 Å². The Hall–Kier alpha value is -0.770. The fraction of sp³-hybridized carbons (Fsp3) is 0.500. The molecule has 0 aliphatic rings. The fourth-order valence-electron chi connectivity index (χ4n) is 1.89. The van der Waals surface area contributed by atoms with E-state index < -0.39 is 17.7 Å². The SMILES string of the molecule is Cc1cc(C)c(C(Cl)C(F)(F)C(F)F)c(C)c1. The molecule has 0 aliphatic heterocycles.